The molecule has 1 fully saturated rings. The third-order valence-corrected chi connectivity index (χ3v) is 4.28. The number of piperidine rings is 1. The van der Waals surface area contributed by atoms with Gasteiger partial charge in [-0.25, -0.2) is 4.57 Å². The van der Waals surface area contributed by atoms with Crippen molar-refractivity contribution in [1.82, 2.24) is 0 Å². The second-order valence-corrected chi connectivity index (χ2v) is 5.63. The number of nitrogens with zero attached hydrogens (tertiary/aromatic N) is 2. The Morgan fingerprint density at radius 3 is 2.41 bits per heavy atom. The van der Waals surface area contributed by atoms with E-state index in [4.69, 9.17) is 5.73 Å². The Kier molecular flexibility index (Phi) is 5.63. The first kappa shape index (κ1) is 16.6. The Bertz CT molecular complexity index is 576. The SMILES string of the molecule is Nc1ccc(N2CC([n+]3ccccc3)CCC2CO)cc1.[Cl-]. The van der Waals surface area contributed by atoms with Crippen molar-refractivity contribution in [3.8, 4) is 0 Å². The summed E-state index contributed by atoms with van der Waals surface area (Å²) in [6.07, 6.45) is 6.31. The number of benzene rings is 1. The fraction of sp³-hybridized carbons (Fsp3) is 0.353. The zero-order valence-corrected chi connectivity index (χ0v) is 13.2. The fourth-order valence-corrected chi connectivity index (χ4v) is 3.08. The van der Waals surface area contributed by atoms with E-state index in [1.165, 1.54) is 0 Å². The predicted octanol–water partition coefficient (Wildman–Crippen LogP) is -1.24. The number of pyridine rings is 1. The van der Waals surface area contributed by atoms with E-state index in [-0.39, 0.29) is 25.1 Å². The number of hydrogen-bond donors (Lipinski definition) is 2. The largest absolute Gasteiger partial charge is 1.00 e. The molecule has 3 N–H and O–H groups in total. The van der Waals surface area contributed by atoms with Crippen LogP contribution in [0, 0.1) is 0 Å². The van der Waals surface area contributed by atoms with Gasteiger partial charge in [-0.2, -0.15) is 0 Å². The summed E-state index contributed by atoms with van der Waals surface area (Å²) in [5, 5.41) is 9.66. The number of aromatic nitrogens is 1. The van der Waals surface area contributed by atoms with Gasteiger partial charge in [0.15, 0.2) is 18.4 Å². The minimum atomic E-state index is 0. The molecule has 1 aromatic heterocycles. The van der Waals surface area contributed by atoms with E-state index in [1.54, 1.807) is 0 Å². The van der Waals surface area contributed by atoms with Gasteiger partial charge in [0.25, 0.3) is 0 Å². The molecule has 22 heavy (non-hydrogen) atoms. The van der Waals surface area contributed by atoms with Gasteiger partial charge in [0.1, 0.15) is 0 Å². The molecule has 1 saturated heterocycles. The quantitative estimate of drug-likeness (QED) is 0.550. The topological polar surface area (TPSA) is 53.4 Å². The molecule has 3 rings (SSSR count). The van der Waals surface area contributed by atoms with Crippen molar-refractivity contribution < 1.29 is 22.1 Å². The third-order valence-electron chi connectivity index (χ3n) is 4.28. The molecular weight excluding hydrogens is 298 g/mol. The van der Waals surface area contributed by atoms with Crippen molar-refractivity contribution in [2.75, 3.05) is 23.8 Å². The number of aliphatic hydroxyl groups excluding tert-OH is 1. The molecule has 0 spiro atoms. The number of rotatable bonds is 3. The maximum absolute atomic E-state index is 9.66. The van der Waals surface area contributed by atoms with Crippen LogP contribution in [0.25, 0.3) is 0 Å². The van der Waals surface area contributed by atoms with Crippen LogP contribution in [0.1, 0.15) is 18.9 Å². The normalized spacial score (nSPS) is 21.2. The maximum Gasteiger partial charge on any atom is 0.175 e. The zero-order valence-electron chi connectivity index (χ0n) is 12.5. The molecule has 2 unspecified atom stereocenters. The lowest BCUT2D eigenvalue weighted by molar-refractivity contribution is -0.722. The molecule has 5 heteroatoms. The number of nitrogen functional groups attached to an aromatic ring is 1. The predicted molar refractivity (Wildman–Crippen MR) is 84.0 cm³/mol. The van der Waals surface area contributed by atoms with Gasteiger partial charge in [0.2, 0.25) is 0 Å². The lowest BCUT2D eigenvalue weighted by atomic mass is 9.97. The Labute approximate surface area is 137 Å². The van der Waals surface area contributed by atoms with E-state index < -0.39 is 0 Å². The number of aliphatic hydroxyl groups is 1. The summed E-state index contributed by atoms with van der Waals surface area (Å²) < 4.78 is 2.26. The second-order valence-electron chi connectivity index (χ2n) is 5.63. The van der Waals surface area contributed by atoms with Crippen LogP contribution in [-0.4, -0.2) is 24.3 Å². The average Bonchev–Trinajstić information content (AvgIpc) is 2.56. The van der Waals surface area contributed by atoms with Gasteiger partial charge in [0.05, 0.1) is 19.2 Å². The van der Waals surface area contributed by atoms with Crippen molar-refractivity contribution in [1.29, 1.82) is 0 Å². The van der Waals surface area contributed by atoms with Gasteiger partial charge in [-0.3, -0.25) is 0 Å². The second kappa shape index (κ2) is 7.47. The molecule has 2 aromatic rings. The molecule has 0 amide bonds. The number of anilines is 2. The van der Waals surface area contributed by atoms with Crippen LogP contribution in [-0.2, 0) is 0 Å². The molecule has 0 radical (unpaired) electrons. The summed E-state index contributed by atoms with van der Waals surface area (Å²) in [4.78, 5) is 2.30. The number of hydrogen-bond acceptors (Lipinski definition) is 3. The Balaban J connectivity index is 0.00000176. The minimum Gasteiger partial charge on any atom is -1.00 e. The van der Waals surface area contributed by atoms with Gasteiger partial charge in [-0.05, 0) is 30.7 Å². The first-order chi connectivity index (χ1) is 10.3. The molecule has 2 atom stereocenters. The summed E-state index contributed by atoms with van der Waals surface area (Å²) in [6, 6.07) is 14.7. The van der Waals surface area contributed by atoms with Crippen LogP contribution in [0.15, 0.2) is 54.9 Å². The highest BCUT2D eigenvalue weighted by Gasteiger charge is 2.32. The Morgan fingerprint density at radius 2 is 1.77 bits per heavy atom. The lowest BCUT2D eigenvalue weighted by Crippen LogP contribution is -3.00. The molecule has 4 nitrogen and oxygen atoms in total. The molecule has 2 heterocycles. The Morgan fingerprint density at radius 1 is 1.09 bits per heavy atom. The van der Waals surface area contributed by atoms with Gasteiger partial charge in [-0.15, -0.1) is 0 Å². The van der Waals surface area contributed by atoms with Crippen LogP contribution in [0.5, 0.6) is 0 Å². The number of nitrogens with two attached hydrogens (primary N) is 1. The summed E-state index contributed by atoms with van der Waals surface area (Å²) in [7, 11) is 0. The molecule has 0 bridgehead atoms. The van der Waals surface area contributed by atoms with Crippen LogP contribution in [0.3, 0.4) is 0 Å². The van der Waals surface area contributed by atoms with Crippen LogP contribution < -0.4 is 27.6 Å². The van der Waals surface area contributed by atoms with E-state index >= 15 is 0 Å². The first-order valence-electron chi connectivity index (χ1n) is 7.47. The van der Waals surface area contributed by atoms with E-state index in [1.807, 2.05) is 30.3 Å². The monoisotopic (exact) mass is 319 g/mol. The zero-order chi connectivity index (χ0) is 14.7. The highest BCUT2D eigenvalue weighted by Crippen LogP contribution is 2.28. The first-order valence-corrected chi connectivity index (χ1v) is 7.47. The number of halogens is 1. The van der Waals surface area contributed by atoms with Crippen molar-refractivity contribution >= 4 is 11.4 Å². The molecule has 0 saturated carbocycles. The van der Waals surface area contributed by atoms with E-state index in [9.17, 15) is 5.11 Å². The van der Waals surface area contributed by atoms with Crippen LogP contribution in [0.4, 0.5) is 11.4 Å². The Hall–Kier alpha value is -1.78. The van der Waals surface area contributed by atoms with E-state index in [0.717, 1.165) is 30.8 Å². The van der Waals surface area contributed by atoms with Crippen LogP contribution >= 0.6 is 0 Å². The van der Waals surface area contributed by atoms with Gasteiger partial charge in [0, 0.05) is 29.9 Å². The molecular formula is C17H22ClN3O. The lowest BCUT2D eigenvalue weighted by Gasteiger charge is -2.38. The van der Waals surface area contributed by atoms with Gasteiger partial charge in [-0.1, -0.05) is 6.07 Å². The van der Waals surface area contributed by atoms with Gasteiger partial charge < -0.3 is 28.1 Å². The summed E-state index contributed by atoms with van der Waals surface area (Å²) in [5.41, 5.74) is 7.67. The maximum atomic E-state index is 9.66. The summed E-state index contributed by atoms with van der Waals surface area (Å²) >= 11 is 0. The van der Waals surface area contributed by atoms with E-state index in [2.05, 4.69) is 34.0 Å². The highest BCUT2D eigenvalue weighted by atomic mass is 35.5. The molecule has 1 aliphatic rings. The van der Waals surface area contributed by atoms with Gasteiger partial charge >= 0.3 is 0 Å². The van der Waals surface area contributed by atoms with Crippen molar-refractivity contribution in [2.45, 2.75) is 24.9 Å². The standard InChI is InChI=1S/C17H22N3O.ClH/c18-14-4-6-15(7-5-14)20-12-16(8-9-17(20)13-21)19-10-2-1-3-11-19;/h1-7,10-11,16-17,21H,8-9,12-13,18H2;1H/q+1;/p-1. The summed E-state index contributed by atoms with van der Waals surface area (Å²) in [5.74, 6) is 0. The third kappa shape index (κ3) is 3.51. The molecule has 118 valence electrons. The van der Waals surface area contributed by atoms with E-state index in [0.29, 0.717) is 6.04 Å². The van der Waals surface area contributed by atoms with Crippen molar-refractivity contribution in [2.24, 2.45) is 0 Å². The van der Waals surface area contributed by atoms with Crippen LogP contribution in [0.2, 0.25) is 0 Å². The average molecular weight is 320 g/mol. The van der Waals surface area contributed by atoms with Crippen molar-refractivity contribution in [3.05, 3.63) is 54.9 Å². The van der Waals surface area contributed by atoms with Crippen molar-refractivity contribution in [3.63, 3.8) is 0 Å². The fourth-order valence-electron chi connectivity index (χ4n) is 3.08. The minimum absolute atomic E-state index is 0. The smallest absolute Gasteiger partial charge is 0.175 e. The summed E-state index contributed by atoms with van der Waals surface area (Å²) in [6.45, 7) is 1.10. The molecule has 1 aliphatic heterocycles. The highest BCUT2D eigenvalue weighted by molar-refractivity contribution is 5.54. The molecule has 1 aromatic carbocycles. The molecule has 0 aliphatic carbocycles.